The number of para-hydroxylation sites is 1. The molecule has 0 aromatic heterocycles. The van der Waals surface area contributed by atoms with Crippen LogP contribution in [-0.2, 0) is 23.8 Å². The van der Waals surface area contributed by atoms with Gasteiger partial charge in [0.05, 0.1) is 20.3 Å². The molecule has 0 saturated heterocycles. The Balaban J connectivity index is 0.000000402. The molecule has 1 aromatic carbocycles. The van der Waals surface area contributed by atoms with E-state index >= 15 is 0 Å². The van der Waals surface area contributed by atoms with E-state index in [1.54, 1.807) is 27.7 Å². The number of hydrogen-bond donors (Lipinski definition) is 0. The highest BCUT2D eigenvalue weighted by Gasteiger charge is 2.31. The van der Waals surface area contributed by atoms with Gasteiger partial charge >= 0.3 is 18.0 Å². The number of esters is 2. The number of thiocarbonyl (C=S) groups is 2. The lowest BCUT2D eigenvalue weighted by Crippen LogP contribution is -2.44. The Bertz CT molecular complexity index is 1000. The molecule has 0 radical (unpaired) electrons. The van der Waals surface area contributed by atoms with Gasteiger partial charge in [0, 0.05) is 18.8 Å². The first kappa shape index (κ1) is 36.1. The van der Waals surface area contributed by atoms with E-state index in [0.29, 0.717) is 21.9 Å². The van der Waals surface area contributed by atoms with Gasteiger partial charge in [0.1, 0.15) is 19.1 Å². The zero-order valence-electron chi connectivity index (χ0n) is 24.5. The molecular weight excluding hydrogens is 589 g/mol. The van der Waals surface area contributed by atoms with Crippen molar-refractivity contribution in [3.8, 4) is 0 Å². The van der Waals surface area contributed by atoms with Crippen molar-refractivity contribution in [2.75, 3.05) is 32.3 Å². The van der Waals surface area contributed by atoms with Crippen molar-refractivity contribution < 1.29 is 28.6 Å². The molecule has 0 N–H and O–H groups in total. The van der Waals surface area contributed by atoms with Gasteiger partial charge in [-0.2, -0.15) is 0 Å². The van der Waals surface area contributed by atoms with Crippen LogP contribution in [0.15, 0.2) is 24.3 Å². The highest BCUT2D eigenvalue weighted by molar-refractivity contribution is 8.24. The Morgan fingerprint density at radius 1 is 0.925 bits per heavy atom. The number of amides is 1. The Morgan fingerprint density at radius 2 is 1.43 bits per heavy atom. The summed E-state index contributed by atoms with van der Waals surface area (Å²) in [7, 11) is 3.26. The van der Waals surface area contributed by atoms with Crippen molar-refractivity contribution in [1.82, 2.24) is 4.90 Å². The molecule has 2 unspecified atom stereocenters. The van der Waals surface area contributed by atoms with Gasteiger partial charge in [0.25, 0.3) is 0 Å². The van der Waals surface area contributed by atoms with E-state index in [0.717, 1.165) is 36.9 Å². The number of anilines is 1. The zero-order chi connectivity index (χ0) is 30.2. The smallest absolute Gasteiger partial charge is 0.415 e. The lowest BCUT2D eigenvalue weighted by Gasteiger charge is -2.33. The quantitative estimate of drug-likeness (QED) is 0.174. The topological polar surface area (TPSA) is 85.4 Å². The van der Waals surface area contributed by atoms with Gasteiger partial charge in [-0.1, -0.05) is 85.4 Å². The Morgan fingerprint density at radius 3 is 1.90 bits per heavy atom. The molecule has 0 spiro atoms. The number of aryl methyl sites for hydroxylation is 1. The highest BCUT2D eigenvalue weighted by Crippen LogP contribution is 2.28. The number of benzene rings is 1. The molecule has 1 aliphatic rings. The van der Waals surface area contributed by atoms with Gasteiger partial charge in [-0.05, 0) is 59.1 Å². The molecular formula is C28H42N2O6S4. The minimum Gasteiger partial charge on any atom is -0.465 e. The lowest BCUT2D eigenvalue weighted by atomic mass is 9.95. The van der Waals surface area contributed by atoms with E-state index in [2.05, 4.69) is 0 Å². The molecule has 2 rings (SSSR count). The second kappa shape index (κ2) is 19.3. The van der Waals surface area contributed by atoms with Crippen LogP contribution >= 0.6 is 48.0 Å². The second-order valence-corrected chi connectivity index (χ2v) is 13.0. The standard InChI is InChI=1S/C14H23NO4S2.C14H19NO2S2/c1-4-19-12(16)10(2)21-14(20)15(13(17)18-3)11-8-6-5-7-9-11;1-5-17-13(16)11(3)19-14(18)15(4)12-9-7-6-8-10(12)2/h10-11H,4-9H2,1-3H3;6-9,11H,5H2,1-4H3. The second-order valence-electron chi connectivity index (χ2n) is 9.03. The fourth-order valence-electron chi connectivity index (χ4n) is 3.90. The van der Waals surface area contributed by atoms with Gasteiger partial charge < -0.3 is 19.1 Å². The van der Waals surface area contributed by atoms with Gasteiger partial charge in [0.15, 0.2) is 0 Å². The van der Waals surface area contributed by atoms with Crippen LogP contribution in [0.4, 0.5) is 10.5 Å². The molecule has 12 heteroatoms. The number of nitrogens with zero attached hydrogens (tertiary/aromatic N) is 2. The summed E-state index contributed by atoms with van der Waals surface area (Å²) in [6.45, 7) is 9.85. The molecule has 8 nitrogen and oxygen atoms in total. The van der Waals surface area contributed by atoms with Crippen molar-refractivity contribution >= 4 is 80.3 Å². The Kier molecular flexibility index (Phi) is 17.4. The van der Waals surface area contributed by atoms with E-state index in [-0.39, 0.29) is 23.2 Å². The molecule has 1 saturated carbocycles. The first-order valence-corrected chi connectivity index (χ1v) is 16.0. The molecule has 1 aliphatic carbocycles. The van der Waals surface area contributed by atoms with E-state index < -0.39 is 11.3 Å². The van der Waals surface area contributed by atoms with Gasteiger partial charge in [0.2, 0.25) is 0 Å². The fraction of sp³-hybridized carbons (Fsp3) is 0.607. The van der Waals surface area contributed by atoms with Crippen molar-refractivity contribution in [1.29, 1.82) is 0 Å². The number of hydrogen-bond acceptors (Lipinski definition) is 10. The third-order valence-electron chi connectivity index (χ3n) is 6.05. The average molecular weight is 631 g/mol. The van der Waals surface area contributed by atoms with Crippen LogP contribution in [0.25, 0.3) is 0 Å². The summed E-state index contributed by atoms with van der Waals surface area (Å²) in [5, 5.41) is -0.730. The molecule has 1 amide bonds. The van der Waals surface area contributed by atoms with E-state index in [4.69, 9.17) is 38.6 Å². The summed E-state index contributed by atoms with van der Waals surface area (Å²) in [6.07, 6.45) is 4.74. The summed E-state index contributed by atoms with van der Waals surface area (Å²) in [5.41, 5.74) is 2.20. The van der Waals surface area contributed by atoms with Gasteiger partial charge in [-0.15, -0.1) is 0 Å². The maximum atomic E-state index is 12.0. The molecule has 1 fully saturated rings. The molecule has 1 aromatic rings. The summed E-state index contributed by atoms with van der Waals surface area (Å²) < 4.78 is 15.8. The fourth-order valence-corrected chi connectivity index (χ4v) is 6.62. The maximum absolute atomic E-state index is 12.0. The first-order valence-electron chi connectivity index (χ1n) is 13.4. The van der Waals surface area contributed by atoms with E-state index in [1.165, 1.54) is 42.0 Å². The van der Waals surface area contributed by atoms with Crippen LogP contribution in [0.5, 0.6) is 0 Å². The monoisotopic (exact) mass is 630 g/mol. The Hall–Kier alpha value is -1.89. The minimum atomic E-state index is -0.449. The number of thioether (sulfide) groups is 2. The lowest BCUT2D eigenvalue weighted by molar-refractivity contribution is -0.142. The van der Waals surface area contributed by atoms with Gasteiger partial charge in [-0.25, -0.2) is 4.79 Å². The third kappa shape index (κ3) is 11.9. The van der Waals surface area contributed by atoms with E-state index in [9.17, 15) is 14.4 Å². The zero-order valence-corrected chi connectivity index (χ0v) is 27.7. The average Bonchev–Trinajstić information content (AvgIpc) is 2.94. The first-order chi connectivity index (χ1) is 19.0. The predicted molar refractivity (Wildman–Crippen MR) is 173 cm³/mol. The molecule has 40 heavy (non-hydrogen) atoms. The normalized spacial score (nSPS) is 14.5. The summed E-state index contributed by atoms with van der Waals surface area (Å²) >= 11 is 13.3. The largest absolute Gasteiger partial charge is 0.465 e. The third-order valence-corrected chi connectivity index (χ3v) is 9.06. The maximum Gasteiger partial charge on any atom is 0.415 e. The summed E-state index contributed by atoms with van der Waals surface area (Å²) in [6, 6.07) is 8.08. The number of carbonyl (C=O) groups excluding carboxylic acids is 3. The van der Waals surface area contributed by atoms with Gasteiger partial charge in [-0.3, -0.25) is 14.5 Å². The van der Waals surface area contributed by atoms with E-state index in [1.807, 2.05) is 43.1 Å². The molecule has 0 bridgehead atoms. The van der Waals surface area contributed by atoms with Crippen LogP contribution < -0.4 is 4.90 Å². The number of carbonyl (C=O) groups is 3. The number of ether oxygens (including phenoxy) is 3. The predicted octanol–water partition coefficient (Wildman–Crippen LogP) is 6.76. The Labute approximate surface area is 258 Å². The van der Waals surface area contributed by atoms with Crippen molar-refractivity contribution in [2.24, 2.45) is 0 Å². The molecule has 224 valence electrons. The van der Waals surface area contributed by atoms with Crippen molar-refractivity contribution in [2.45, 2.75) is 83.3 Å². The molecule has 0 aliphatic heterocycles. The van der Waals surface area contributed by atoms with Crippen molar-refractivity contribution in [3.05, 3.63) is 29.8 Å². The van der Waals surface area contributed by atoms with Crippen LogP contribution in [0.2, 0.25) is 0 Å². The summed E-state index contributed by atoms with van der Waals surface area (Å²) in [4.78, 5) is 38.7. The SMILES string of the molecule is CCOC(=O)C(C)SC(=S)N(C(=O)OC)C1CCCCC1.CCOC(=O)C(C)SC(=S)N(C)c1ccccc1C. The van der Waals surface area contributed by atoms with Crippen LogP contribution in [0, 0.1) is 6.92 Å². The van der Waals surface area contributed by atoms with Crippen LogP contribution in [-0.4, -0.2) is 75.5 Å². The van der Waals surface area contributed by atoms with Crippen LogP contribution in [0.3, 0.4) is 0 Å². The van der Waals surface area contributed by atoms with Crippen molar-refractivity contribution in [3.63, 3.8) is 0 Å². The number of methoxy groups -OCH3 is 1. The van der Waals surface area contributed by atoms with Crippen LogP contribution in [0.1, 0.15) is 65.4 Å². The minimum absolute atomic E-state index is 0.0700. The summed E-state index contributed by atoms with van der Waals surface area (Å²) in [5.74, 6) is -0.550. The highest BCUT2D eigenvalue weighted by atomic mass is 32.2. The molecule has 2 atom stereocenters. The molecule has 0 heterocycles. The number of rotatable bonds is 8.